The summed E-state index contributed by atoms with van der Waals surface area (Å²) < 4.78 is 12.0. The summed E-state index contributed by atoms with van der Waals surface area (Å²) in [6.45, 7) is 4.29. The summed E-state index contributed by atoms with van der Waals surface area (Å²) >= 11 is 0. The third-order valence-electron chi connectivity index (χ3n) is 9.12. The van der Waals surface area contributed by atoms with Gasteiger partial charge < -0.3 is 19.7 Å². The van der Waals surface area contributed by atoms with Crippen molar-refractivity contribution in [1.82, 2.24) is 15.7 Å². The smallest absolute Gasteiger partial charge is 0.274 e. The van der Waals surface area contributed by atoms with Gasteiger partial charge in [0.05, 0.1) is 0 Å². The largest absolute Gasteiger partial charge is 0.489 e. The van der Waals surface area contributed by atoms with E-state index in [2.05, 4.69) is 52.1 Å². The lowest BCUT2D eigenvalue weighted by molar-refractivity contribution is -0.186. The van der Waals surface area contributed by atoms with Crippen LogP contribution in [0.2, 0.25) is 0 Å². The zero-order valence-electron chi connectivity index (χ0n) is 25.1. The van der Waals surface area contributed by atoms with Crippen LogP contribution in [-0.4, -0.2) is 62.0 Å². The summed E-state index contributed by atoms with van der Waals surface area (Å²) in [7, 11) is 0. The van der Waals surface area contributed by atoms with E-state index in [9.17, 15) is 4.79 Å². The minimum atomic E-state index is -0.369. The number of hydrogen-bond donors (Lipinski definition) is 2. The third kappa shape index (κ3) is 8.24. The topological polar surface area (TPSA) is 72.1 Å². The van der Waals surface area contributed by atoms with Crippen molar-refractivity contribution in [2.75, 3.05) is 32.8 Å². The number of rotatable bonds is 11. The van der Waals surface area contributed by atoms with Gasteiger partial charge in [-0.15, -0.1) is 0 Å². The van der Waals surface area contributed by atoms with Crippen LogP contribution in [-0.2, 0) is 9.57 Å². The Labute approximate surface area is 255 Å². The number of nitrogens with zero attached hydrogens (tertiary/aromatic N) is 1. The van der Waals surface area contributed by atoms with Crippen LogP contribution in [0.3, 0.4) is 0 Å². The Kier molecular flexibility index (Phi) is 10.4. The minimum absolute atomic E-state index is 0.269. The molecule has 6 rings (SSSR count). The fourth-order valence-electron chi connectivity index (χ4n) is 6.60. The van der Waals surface area contributed by atoms with Gasteiger partial charge in [0.2, 0.25) is 0 Å². The highest BCUT2D eigenvalue weighted by molar-refractivity contribution is 5.93. The van der Waals surface area contributed by atoms with Crippen molar-refractivity contribution >= 4 is 22.8 Å². The highest BCUT2D eigenvalue weighted by Crippen LogP contribution is 2.27. The van der Waals surface area contributed by atoms with Gasteiger partial charge >= 0.3 is 0 Å². The molecule has 2 saturated heterocycles. The van der Waals surface area contributed by atoms with Crippen molar-refractivity contribution in [3.05, 3.63) is 83.4 Å². The molecule has 2 aliphatic heterocycles. The molecule has 3 aromatic carbocycles. The van der Waals surface area contributed by atoms with Gasteiger partial charge in [0.25, 0.3) is 5.91 Å². The molecule has 3 aliphatic rings. The Morgan fingerprint density at radius 1 is 0.884 bits per heavy atom. The standard InChI is InChI=1S/C36H45N3O4/c40-36(38-43-35-14-5-6-23-41-35)30-17-15-27(16-18-30)24-28(26-42-34-13-7-9-29-8-1-4-12-33(29)34)25-37-31-19-21-39(22-20-31)32-10-2-3-11-32/h1,4,7-9,12-13,15-18,24,31-32,35,37H,2-3,5-6,10-11,14,19-23,25-26H2,(H,38,40). The van der Waals surface area contributed by atoms with Gasteiger partial charge in [0.1, 0.15) is 12.4 Å². The zero-order chi connectivity index (χ0) is 29.3. The maximum Gasteiger partial charge on any atom is 0.274 e. The van der Waals surface area contributed by atoms with Crippen LogP contribution in [0.15, 0.2) is 72.3 Å². The predicted molar refractivity (Wildman–Crippen MR) is 171 cm³/mol. The second kappa shape index (κ2) is 15.0. The fourth-order valence-corrected chi connectivity index (χ4v) is 6.60. The van der Waals surface area contributed by atoms with Crippen molar-refractivity contribution in [2.24, 2.45) is 0 Å². The van der Waals surface area contributed by atoms with E-state index in [1.807, 2.05) is 36.4 Å². The second-order valence-electron chi connectivity index (χ2n) is 12.2. The lowest BCUT2D eigenvalue weighted by Crippen LogP contribution is -2.46. The number of nitrogens with one attached hydrogen (secondary N) is 2. The first kappa shape index (κ1) is 29.8. The number of piperidine rings is 1. The first-order valence-corrected chi connectivity index (χ1v) is 16.2. The van der Waals surface area contributed by atoms with Crippen LogP contribution in [0.4, 0.5) is 0 Å². The Morgan fingerprint density at radius 3 is 2.44 bits per heavy atom. The summed E-state index contributed by atoms with van der Waals surface area (Å²) in [6.07, 6.45) is 12.6. The summed E-state index contributed by atoms with van der Waals surface area (Å²) in [5.41, 5.74) is 5.29. The molecule has 0 radical (unpaired) electrons. The van der Waals surface area contributed by atoms with E-state index in [0.717, 1.165) is 48.5 Å². The fraction of sp³-hybridized carbons (Fsp3) is 0.472. The van der Waals surface area contributed by atoms with Crippen molar-refractivity contribution < 1.29 is 19.1 Å². The van der Waals surface area contributed by atoms with Crippen molar-refractivity contribution in [3.8, 4) is 5.75 Å². The van der Waals surface area contributed by atoms with Gasteiger partial charge in [-0.3, -0.25) is 4.79 Å². The van der Waals surface area contributed by atoms with Crippen LogP contribution in [0, 0.1) is 0 Å². The molecule has 1 amide bonds. The number of ether oxygens (including phenoxy) is 2. The molecule has 0 bridgehead atoms. The first-order chi connectivity index (χ1) is 21.2. The quantitative estimate of drug-likeness (QED) is 0.252. The molecule has 1 aliphatic carbocycles. The Hall–Kier alpha value is -3.23. The van der Waals surface area contributed by atoms with E-state index in [1.54, 1.807) is 0 Å². The molecule has 228 valence electrons. The maximum atomic E-state index is 12.6. The first-order valence-electron chi connectivity index (χ1n) is 16.2. The Balaban J connectivity index is 1.09. The summed E-state index contributed by atoms with van der Waals surface area (Å²) in [6, 6.07) is 23.5. The Morgan fingerprint density at radius 2 is 1.65 bits per heavy atom. The highest BCUT2D eigenvalue weighted by Gasteiger charge is 2.27. The van der Waals surface area contributed by atoms with Gasteiger partial charge in [-0.1, -0.05) is 67.4 Å². The van der Waals surface area contributed by atoms with Gasteiger partial charge in [0, 0.05) is 42.6 Å². The second-order valence-corrected chi connectivity index (χ2v) is 12.2. The van der Waals surface area contributed by atoms with E-state index in [4.69, 9.17) is 14.3 Å². The van der Waals surface area contributed by atoms with Crippen molar-refractivity contribution in [2.45, 2.75) is 76.2 Å². The molecule has 0 spiro atoms. The van der Waals surface area contributed by atoms with Crippen molar-refractivity contribution in [1.29, 1.82) is 0 Å². The summed E-state index contributed by atoms with van der Waals surface area (Å²) in [5, 5.41) is 6.13. The molecule has 3 fully saturated rings. The van der Waals surface area contributed by atoms with Gasteiger partial charge in [-0.05, 0) is 86.3 Å². The average molecular weight is 584 g/mol. The normalized spacial score (nSPS) is 20.8. The summed E-state index contributed by atoms with van der Waals surface area (Å²) in [4.78, 5) is 20.8. The molecule has 7 heteroatoms. The molecule has 2 heterocycles. The van der Waals surface area contributed by atoms with Gasteiger partial charge in [-0.2, -0.15) is 0 Å². The molecule has 1 saturated carbocycles. The molecule has 7 nitrogen and oxygen atoms in total. The lowest BCUT2D eigenvalue weighted by Gasteiger charge is -2.36. The number of hydroxylamine groups is 1. The van der Waals surface area contributed by atoms with Crippen LogP contribution in [0.25, 0.3) is 16.8 Å². The van der Waals surface area contributed by atoms with Gasteiger partial charge in [-0.25, -0.2) is 10.3 Å². The molecule has 43 heavy (non-hydrogen) atoms. The maximum absolute atomic E-state index is 12.6. The van der Waals surface area contributed by atoms with E-state index in [1.165, 1.54) is 62.6 Å². The molecule has 1 atom stereocenters. The molecule has 1 unspecified atom stereocenters. The number of hydrogen-bond acceptors (Lipinski definition) is 6. The lowest BCUT2D eigenvalue weighted by atomic mass is 10.0. The van der Waals surface area contributed by atoms with E-state index in [0.29, 0.717) is 24.8 Å². The van der Waals surface area contributed by atoms with Crippen LogP contribution >= 0.6 is 0 Å². The average Bonchev–Trinajstić information content (AvgIpc) is 3.61. The number of carbonyl (C=O) groups is 1. The minimum Gasteiger partial charge on any atom is -0.489 e. The number of fused-ring (bicyclic) bond motifs is 1. The number of likely N-dealkylation sites (tertiary alicyclic amines) is 1. The monoisotopic (exact) mass is 583 g/mol. The third-order valence-corrected chi connectivity index (χ3v) is 9.12. The van der Waals surface area contributed by atoms with Crippen LogP contribution in [0.1, 0.15) is 73.7 Å². The summed E-state index contributed by atoms with van der Waals surface area (Å²) in [5.74, 6) is 0.623. The Bertz CT molecular complexity index is 1350. The van der Waals surface area contributed by atoms with Gasteiger partial charge in [0.15, 0.2) is 6.29 Å². The number of amides is 1. The molecular weight excluding hydrogens is 538 g/mol. The van der Waals surface area contributed by atoms with E-state index in [-0.39, 0.29) is 12.2 Å². The van der Waals surface area contributed by atoms with E-state index < -0.39 is 0 Å². The predicted octanol–water partition coefficient (Wildman–Crippen LogP) is 6.49. The van der Waals surface area contributed by atoms with Crippen molar-refractivity contribution in [3.63, 3.8) is 0 Å². The molecule has 2 N–H and O–H groups in total. The molecular formula is C36H45N3O4. The SMILES string of the molecule is O=C(NOC1CCCCO1)c1ccc(C=C(CNC2CCN(C3CCCC3)CC2)COc2cccc3ccccc23)cc1. The zero-order valence-corrected chi connectivity index (χ0v) is 25.1. The van der Waals surface area contributed by atoms with E-state index >= 15 is 0 Å². The molecule has 0 aromatic heterocycles. The number of carbonyl (C=O) groups excluding carboxylic acids is 1. The van der Waals surface area contributed by atoms with Crippen LogP contribution < -0.4 is 15.5 Å². The number of benzene rings is 3. The highest BCUT2D eigenvalue weighted by atomic mass is 16.8. The van der Waals surface area contributed by atoms with Crippen LogP contribution in [0.5, 0.6) is 5.75 Å². The molecule has 3 aromatic rings.